The van der Waals surface area contributed by atoms with Gasteiger partial charge in [0, 0.05) is 33.0 Å². The first-order valence-electron chi connectivity index (χ1n) is 20.0. The minimum Gasteiger partial charge on any atom is -0.350 e. The molecule has 2 aromatic heterocycles. The number of nitrogens with one attached hydrogen (secondary N) is 2. The molecular weight excluding hydrogens is 693 g/mol. The van der Waals surface area contributed by atoms with Crippen molar-refractivity contribution in [2.45, 2.75) is 25.2 Å². The van der Waals surface area contributed by atoms with Crippen LogP contribution in [0.3, 0.4) is 0 Å². The number of fused-ring (bicyclic) bond motifs is 9. The van der Waals surface area contributed by atoms with Crippen molar-refractivity contribution >= 4 is 60.6 Å². The molecule has 8 aromatic carbocycles. The van der Waals surface area contributed by atoms with Gasteiger partial charge in [-0.3, -0.25) is 5.32 Å². The molecule has 0 saturated carbocycles. The highest BCUT2D eigenvalue weighted by atomic mass is 15.3. The van der Waals surface area contributed by atoms with Crippen LogP contribution in [0.2, 0.25) is 0 Å². The number of hydrogen-bond acceptors (Lipinski definition) is 3. The van der Waals surface area contributed by atoms with Crippen LogP contribution in [-0.2, 0) is 6.42 Å². The second-order valence-corrected chi connectivity index (χ2v) is 15.4. The third-order valence-electron chi connectivity index (χ3n) is 12.3. The summed E-state index contributed by atoms with van der Waals surface area (Å²) in [4.78, 5) is 5.49. The van der Waals surface area contributed by atoms with Gasteiger partial charge in [0.2, 0.25) is 0 Å². The SMILES string of the molecule is C1=Cc2c(c3cccc4c5ccc(-c6ccc(-c7c(C8=NC(c9ccccc9)NC(c9ccccc9)N8)c8ccccc8c8ccccc78)cc6)cc5n2c34)CC1. The van der Waals surface area contributed by atoms with Crippen LogP contribution < -0.4 is 10.6 Å². The number of amidine groups is 1. The molecule has 10 aromatic rings. The van der Waals surface area contributed by atoms with E-state index in [1.807, 2.05) is 0 Å². The molecule has 57 heavy (non-hydrogen) atoms. The first kappa shape index (κ1) is 32.3. The highest BCUT2D eigenvalue weighted by Crippen LogP contribution is 2.43. The van der Waals surface area contributed by atoms with Crippen LogP contribution in [0.4, 0.5) is 0 Å². The monoisotopic (exact) mass is 730 g/mol. The number of aromatic nitrogens is 1. The summed E-state index contributed by atoms with van der Waals surface area (Å²) in [6, 6.07) is 61.8. The Bertz CT molecular complexity index is 3230. The van der Waals surface area contributed by atoms with Gasteiger partial charge in [0.05, 0.1) is 11.0 Å². The van der Waals surface area contributed by atoms with Gasteiger partial charge >= 0.3 is 0 Å². The van der Waals surface area contributed by atoms with Crippen molar-refractivity contribution in [3.63, 3.8) is 0 Å². The number of nitrogens with zero attached hydrogens (tertiary/aromatic N) is 2. The predicted molar refractivity (Wildman–Crippen MR) is 238 cm³/mol. The fourth-order valence-corrected chi connectivity index (χ4v) is 9.70. The molecule has 0 amide bonds. The highest BCUT2D eigenvalue weighted by molar-refractivity contribution is 6.25. The van der Waals surface area contributed by atoms with E-state index in [9.17, 15) is 0 Å². The van der Waals surface area contributed by atoms with Gasteiger partial charge in [-0.25, -0.2) is 4.99 Å². The fraction of sp³-hybridized carbons (Fsp3) is 0.0755. The molecule has 1 aliphatic heterocycles. The maximum atomic E-state index is 5.49. The van der Waals surface area contributed by atoms with Gasteiger partial charge in [-0.05, 0) is 79.9 Å². The van der Waals surface area contributed by atoms with E-state index in [1.54, 1.807) is 0 Å². The minimum atomic E-state index is -0.235. The molecular formula is C53H38N4. The van der Waals surface area contributed by atoms with Crippen LogP contribution in [-0.4, -0.2) is 10.2 Å². The largest absolute Gasteiger partial charge is 0.350 e. The number of para-hydroxylation sites is 1. The Morgan fingerprint density at radius 1 is 0.509 bits per heavy atom. The Balaban J connectivity index is 1.04. The maximum absolute atomic E-state index is 5.49. The summed E-state index contributed by atoms with van der Waals surface area (Å²) in [5.41, 5.74) is 13.6. The standard InChI is InChI=1S/C53H38N4/c1-3-14-35(15-4-1)51-54-52(36-16-5-2-6-17-36)56-53(55-51)49-43-22-10-8-19-39(43)38-18-7-9-21-42(38)48(49)34-28-26-33(27-29-34)37-30-31-41-45-24-13-23-44-40-20-11-12-25-46(40)57(50(44)45)47(41)32-37/h1-10,12-19,21-32,51-52,54H,11,20H2,(H,55,56). The van der Waals surface area contributed by atoms with Crippen LogP contribution >= 0.6 is 0 Å². The van der Waals surface area contributed by atoms with Crippen molar-refractivity contribution in [3.05, 3.63) is 204 Å². The Labute approximate surface area is 330 Å². The number of aryl methyl sites for hydroxylation is 1. The number of allylic oxidation sites excluding steroid dienone is 1. The Hall–Kier alpha value is -7.01. The van der Waals surface area contributed by atoms with E-state index in [0.717, 1.165) is 40.9 Å². The first-order valence-corrected chi connectivity index (χ1v) is 20.0. The number of benzene rings is 8. The molecule has 0 bridgehead atoms. The molecule has 0 radical (unpaired) electrons. The molecule has 2 unspecified atom stereocenters. The summed E-state index contributed by atoms with van der Waals surface area (Å²) in [6.07, 6.45) is 6.48. The lowest BCUT2D eigenvalue weighted by Gasteiger charge is -2.33. The zero-order valence-corrected chi connectivity index (χ0v) is 31.3. The quantitative estimate of drug-likeness (QED) is 0.173. The van der Waals surface area contributed by atoms with Crippen LogP contribution in [0, 0.1) is 0 Å². The minimum absolute atomic E-state index is 0.141. The molecule has 3 heterocycles. The van der Waals surface area contributed by atoms with Gasteiger partial charge in [0.1, 0.15) is 18.2 Å². The van der Waals surface area contributed by atoms with E-state index in [1.165, 1.54) is 76.7 Å². The van der Waals surface area contributed by atoms with Crippen LogP contribution in [0.5, 0.6) is 0 Å². The second kappa shape index (κ2) is 12.8. The third-order valence-corrected chi connectivity index (χ3v) is 12.3. The molecule has 4 nitrogen and oxygen atoms in total. The van der Waals surface area contributed by atoms with E-state index in [2.05, 4.69) is 197 Å². The normalized spacial score (nSPS) is 16.7. The molecule has 12 rings (SSSR count). The van der Waals surface area contributed by atoms with Crippen LogP contribution in [0.25, 0.3) is 77.1 Å². The molecule has 2 aliphatic rings. The summed E-state index contributed by atoms with van der Waals surface area (Å²) >= 11 is 0. The summed E-state index contributed by atoms with van der Waals surface area (Å²) in [5, 5.41) is 16.5. The Morgan fingerprint density at radius 2 is 1.12 bits per heavy atom. The second-order valence-electron chi connectivity index (χ2n) is 15.4. The number of aliphatic imine (C=N–C) groups is 1. The molecule has 4 heteroatoms. The van der Waals surface area contributed by atoms with Gasteiger partial charge < -0.3 is 9.72 Å². The average molecular weight is 731 g/mol. The van der Waals surface area contributed by atoms with E-state index in [0.29, 0.717) is 0 Å². The zero-order chi connectivity index (χ0) is 37.5. The van der Waals surface area contributed by atoms with Crippen molar-refractivity contribution in [1.82, 2.24) is 15.0 Å². The molecule has 0 saturated heterocycles. The van der Waals surface area contributed by atoms with Crippen LogP contribution in [0.15, 0.2) is 181 Å². The van der Waals surface area contributed by atoms with E-state index in [4.69, 9.17) is 4.99 Å². The zero-order valence-electron chi connectivity index (χ0n) is 31.3. The highest BCUT2D eigenvalue weighted by Gasteiger charge is 2.29. The first-order chi connectivity index (χ1) is 28.3. The average Bonchev–Trinajstić information content (AvgIpc) is 3.81. The number of rotatable bonds is 5. The lowest BCUT2D eigenvalue weighted by Crippen LogP contribution is -2.45. The van der Waals surface area contributed by atoms with Gasteiger partial charge in [-0.1, -0.05) is 170 Å². The topological polar surface area (TPSA) is 40.8 Å². The molecule has 270 valence electrons. The summed E-state index contributed by atoms with van der Waals surface area (Å²) in [6.45, 7) is 0. The Morgan fingerprint density at radius 3 is 1.88 bits per heavy atom. The van der Waals surface area contributed by atoms with Gasteiger partial charge in [-0.2, -0.15) is 0 Å². The van der Waals surface area contributed by atoms with Gasteiger partial charge in [0.25, 0.3) is 0 Å². The van der Waals surface area contributed by atoms with Crippen molar-refractivity contribution in [1.29, 1.82) is 0 Å². The summed E-state index contributed by atoms with van der Waals surface area (Å²) in [7, 11) is 0. The van der Waals surface area contributed by atoms with Crippen molar-refractivity contribution in [2.75, 3.05) is 0 Å². The Kier molecular flexibility index (Phi) is 7.23. The summed E-state index contributed by atoms with van der Waals surface area (Å²) in [5.74, 6) is 0.881. The van der Waals surface area contributed by atoms with Crippen molar-refractivity contribution in [2.24, 2.45) is 4.99 Å². The number of hydrogen-bond donors (Lipinski definition) is 2. The third kappa shape index (κ3) is 5.01. The van der Waals surface area contributed by atoms with Crippen LogP contribution in [0.1, 0.15) is 46.7 Å². The lowest BCUT2D eigenvalue weighted by molar-refractivity contribution is 0.409. The van der Waals surface area contributed by atoms with Gasteiger partial charge in [-0.15, -0.1) is 0 Å². The van der Waals surface area contributed by atoms with E-state index in [-0.39, 0.29) is 12.3 Å². The smallest absolute Gasteiger partial charge is 0.133 e. The molecule has 2 atom stereocenters. The molecule has 1 aliphatic carbocycles. The van der Waals surface area contributed by atoms with Gasteiger partial charge in [0.15, 0.2) is 0 Å². The molecule has 0 spiro atoms. The maximum Gasteiger partial charge on any atom is 0.133 e. The lowest BCUT2D eigenvalue weighted by atomic mass is 9.86. The predicted octanol–water partition coefficient (Wildman–Crippen LogP) is 12.6. The fourth-order valence-electron chi connectivity index (χ4n) is 9.70. The molecule has 0 fully saturated rings. The summed E-state index contributed by atoms with van der Waals surface area (Å²) < 4.78 is 2.51. The van der Waals surface area contributed by atoms with E-state index >= 15 is 0 Å². The van der Waals surface area contributed by atoms with E-state index < -0.39 is 0 Å². The molecule has 2 N–H and O–H groups in total. The van der Waals surface area contributed by atoms with Crippen molar-refractivity contribution < 1.29 is 0 Å². The van der Waals surface area contributed by atoms with Crippen molar-refractivity contribution in [3.8, 4) is 22.3 Å².